The van der Waals surface area contributed by atoms with E-state index in [9.17, 15) is 0 Å². The monoisotopic (exact) mass is 286 g/mol. The summed E-state index contributed by atoms with van der Waals surface area (Å²) in [5.74, 6) is 0. The van der Waals surface area contributed by atoms with Crippen molar-refractivity contribution >= 4 is 5.69 Å². The van der Waals surface area contributed by atoms with Crippen LogP contribution >= 0.6 is 0 Å². The molecular formula is C19H30N2. The highest BCUT2D eigenvalue weighted by Crippen LogP contribution is 2.45. The number of anilines is 1. The second-order valence-corrected chi connectivity index (χ2v) is 7.12. The number of hydrogen-bond acceptors (Lipinski definition) is 2. The van der Waals surface area contributed by atoms with Crippen molar-refractivity contribution in [2.24, 2.45) is 5.41 Å². The summed E-state index contributed by atoms with van der Waals surface area (Å²) in [5, 5.41) is 3.39. The Kier molecular flexibility index (Phi) is 4.54. The number of nitrogens with one attached hydrogen (secondary N) is 1. The van der Waals surface area contributed by atoms with Crippen LogP contribution in [-0.2, 0) is 0 Å². The number of benzene rings is 1. The standard InChI is InChI=1S/C19H30N2/c1-16(20-2)17-8-4-5-9-18(17)21-14-12-19(13-15-21)10-6-3-7-11-19/h4-5,8-9,16,20H,3,6-7,10-15H2,1-2H3. The van der Waals surface area contributed by atoms with E-state index in [1.165, 1.54) is 69.3 Å². The lowest BCUT2D eigenvalue weighted by atomic mass is 9.68. The molecule has 0 aromatic heterocycles. The number of nitrogens with zero attached hydrogens (tertiary/aromatic N) is 1. The van der Waals surface area contributed by atoms with Gasteiger partial charge in [0.05, 0.1) is 0 Å². The molecule has 2 heteroatoms. The van der Waals surface area contributed by atoms with E-state index < -0.39 is 0 Å². The Hall–Kier alpha value is -1.02. The molecule has 0 amide bonds. The molecule has 1 saturated carbocycles. The van der Waals surface area contributed by atoms with Gasteiger partial charge in [0.25, 0.3) is 0 Å². The highest BCUT2D eigenvalue weighted by molar-refractivity contribution is 5.55. The molecule has 1 unspecified atom stereocenters. The minimum Gasteiger partial charge on any atom is -0.371 e. The predicted octanol–water partition coefficient (Wildman–Crippen LogP) is 4.52. The molecule has 1 atom stereocenters. The molecule has 1 N–H and O–H groups in total. The first kappa shape index (κ1) is 14.9. The van der Waals surface area contributed by atoms with Gasteiger partial charge in [-0.1, -0.05) is 37.5 Å². The molecule has 1 saturated heterocycles. The van der Waals surface area contributed by atoms with Gasteiger partial charge in [-0.3, -0.25) is 0 Å². The van der Waals surface area contributed by atoms with Crippen molar-refractivity contribution in [2.45, 2.75) is 57.9 Å². The van der Waals surface area contributed by atoms with Gasteiger partial charge in [-0.15, -0.1) is 0 Å². The summed E-state index contributed by atoms with van der Waals surface area (Å²) in [6.45, 7) is 4.74. The van der Waals surface area contributed by atoms with E-state index in [4.69, 9.17) is 0 Å². The van der Waals surface area contributed by atoms with Gasteiger partial charge in [0.15, 0.2) is 0 Å². The molecule has 1 aromatic carbocycles. The summed E-state index contributed by atoms with van der Waals surface area (Å²) < 4.78 is 0. The van der Waals surface area contributed by atoms with Crippen molar-refractivity contribution < 1.29 is 0 Å². The Balaban J connectivity index is 1.72. The molecule has 116 valence electrons. The number of piperidine rings is 1. The minimum absolute atomic E-state index is 0.423. The molecular weight excluding hydrogens is 256 g/mol. The average molecular weight is 286 g/mol. The van der Waals surface area contributed by atoms with E-state index in [2.05, 4.69) is 48.5 Å². The van der Waals surface area contributed by atoms with Crippen LogP contribution in [0.2, 0.25) is 0 Å². The number of para-hydroxylation sites is 1. The normalized spacial score (nSPS) is 23.2. The van der Waals surface area contributed by atoms with Crippen LogP contribution in [0.15, 0.2) is 24.3 Å². The fourth-order valence-electron chi connectivity index (χ4n) is 4.32. The molecule has 1 aliphatic heterocycles. The summed E-state index contributed by atoms with van der Waals surface area (Å²) in [7, 11) is 2.05. The molecule has 1 aliphatic carbocycles. The van der Waals surface area contributed by atoms with Crippen LogP contribution < -0.4 is 10.2 Å². The smallest absolute Gasteiger partial charge is 0.0414 e. The zero-order chi connectivity index (χ0) is 14.7. The topological polar surface area (TPSA) is 15.3 Å². The highest BCUT2D eigenvalue weighted by atomic mass is 15.1. The number of hydrogen-bond donors (Lipinski definition) is 1. The molecule has 2 fully saturated rings. The van der Waals surface area contributed by atoms with Gasteiger partial charge in [0.2, 0.25) is 0 Å². The molecule has 21 heavy (non-hydrogen) atoms. The Morgan fingerprint density at radius 1 is 1.00 bits per heavy atom. The van der Waals surface area contributed by atoms with Gasteiger partial charge in [0.1, 0.15) is 0 Å². The fraction of sp³-hybridized carbons (Fsp3) is 0.684. The van der Waals surface area contributed by atoms with Gasteiger partial charge < -0.3 is 10.2 Å². The highest BCUT2D eigenvalue weighted by Gasteiger charge is 2.35. The molecule has 1 aromatic rings. The van der Waals surface area contributed by atoms with Crippen molar-refractivity contribution in [3.63, 3.8) is 0 Å². The van der Waals surface area contributed by atoms with Crippen LogP contribution in [0.25, 0.3) is 0 Å². The zero-order valence-electron chi connectivity index (χ0n) is 13.7. The maximum absolute atomic E-state index is 3.39. The molecule has 1 heterocycles. The predicted molar refractivity (Wildman–Crippen MR) is 90.9 cm³/mol. The SMILES string of the molecule is CNC(C)c1ccccc1N1CCC2(CCCCC2)CC1. The summed E-state index contributed by atoms with van der Waals surface area (Å²) in [6.07, 6.45) is 10.2. The molecule has 3 rings (SSSR count). The van der Waals surface area contributed by atoms with Gasteiger partial charge >= 0.3 is 0 Å². The second kappa shape index (κ2) is 6.39. The van der Waals surface area contributed by atoms with Crippen molar-refractivity contribution in [3.8, 4) is 0 Å². The van der Waals surface area contributed by atoms with Crippen LogP contribution in [0.1, 0.15) is 63.5 Å². The molecule has 2 nitrogen and oxygen atoms in total. The minimum atomic E-state index is 0.423. The van der Waals surface area contributed by atoms with Gasteiger partial charge in [-0.25, -0.2) is 0 Å². The van der Waals surface area contributed by atoms with E-state index in [1.54, 1.807) is 0 Å². The average Bonchev–Trinajstić information content (AvgIpc) is 2.56. The second-order valence-electron chi connectivity index (χ2n) is 7.12. The summed E-state index contributed by atoms with van der Waals surface area (Å²) in [4.78, 5) is 2.63. The molecule has 0 radical (unpaired) electrons. The van der Waals surface area contributed by atoms with Crippen LogP contribution in [0.5, 0.6) is 0 Å². The Morgan fingerprint density at radius 3 is 2.33 bits per heavy atom. The number of rotatable bonds is 3. The first-order valence-electron chi connectivity index (χ1n) is 8.75. The summed E-state index contributed by atoms with van der Waals surface area (Å²) in [5.41, 5.74) is 3.59. The molecule has 1 spiro atoms. The molecule has 0 bridgehead atoms. The summed E-state index contributed by atoms with van der Waals surface area (Å²) in [6, 6.07) is 9.36. The third kappa shape index (κ3) is 3.11. The van der Waals surface area contributed by atoms with E-state index in [1.807, 2.05) is 0 Å². The van der Waals surface area contributed by atoms with Crippen molar-refractivity contribution in [3.05, 3.63) is 29.8 Å². The van der Waals surface area contributed by atoms with Crippen LogP contribution in [-0.4, -0.2) is 20.1 Å². The van der Waals surface area contributed by atoms with Crippen LogP contribution in [0.4, 0.5) is 5.69 Å². The molecule has 2 aliphatic rings. The van der Waals surface area contributed by atoms with E-state index in [-0.39, 0.29) is 0 Å². The Morgan fingerprint density at radius 2 is 1.67 bits per heavy atom. The van der Waals surface area contributed by atoms with Crippen molar-refractivity contribution in [1.82, 2.24) is 5.32 Å². The van der Waals surface area contributed by atoms with Gasteiger partial charge in [-0.05, 0) is 56.7 Å². The zero-order valence-corrected chi connectivity index (χ0v) is 13.7. The third-order valence-electron chi connectivity index (χ3n) is 5.92. The maximum atomic E-state index is 3.39. The van der Waals surface area contributed by atoms with Crippen molar-refractivity contribution in [1.29, 1.82) is 0 Å². The van der Waals surface area contributed by atoms with E-state index in [0.29, 0.717) is 11.5 Å². The Bertz CT molecular complexity index is 452. The van der Waals surface area contributed by atoms with Crippen molar-refractivity contribution in [2.75, 3.05) is 25.0 Å². The third-order valence-corrected chi connectivity index (χ3v) is 5.92. The quantitative estimate of drug-likeness (QED) is 0.879. The van der Waals surface area contributed by atoms with Crippen LogP contribution in [0.3, 0.4) is 0 Å². The van der Waals surface area contributed by atoms with Gasteiger partial charge in [0, 0.05) is 24.8 Å². The van der Waals surface area contributed by atoms with Crippen LogP contribution in [0, 0.1) is 5.41 Å². The lowest BCUT2D eigenvalue weighted by Crippen LogP contribution is -2.41. The maximum Gasteiger partial charge on any atom is 0.0414 e. The largest absolute Gasteiger partial charge is 0.371 e. The lowest BCUT2D eigenvalue weighted by Gasteiger charge is -2.45. The van der Waals surface area contributed by atoms with E-state index >= 15 is 0 Å². The van der Waals surface area contributed by atoms with Gasteiger partial charge in [-0.2, -0.15) is 0 Å². The lowest BCUT2D eigenvalue weighted by molar-refractivity contribution is 0.144. The van der Waals surface area contributed by atoms with E-state index in [0.717, 1.165) is 0 Å². The summed E-state index contributed by atoms with van der Waals surface area (Å²) >= 11 is 0. The first-order chi connectivity index (χ1) is 10.2. The Labute approximate surface area is 129 Å². The fourth-order valence-corrected chi connectivity index (χ4v) is 4.32. The first-order valence-corrected chi connectivity index (χ1v) is 8.75.